The zero-order valence-corrected chi connectivity index (χ0v) is 7.58. The van der Waals surface area contributed by atoms with E-state index in [0.717, 1.165) is 5.17 Å². The molecule has 0 aromatic heterocycles. The minimum atomic E-state index is 0.0883. The molecule has 0 bridgehead atoms. The Balaban J connectivity index is 4.40. The van der Waals surface area contributed by atoms with Crippen molar-refractivity contribution in [2.45, 2.75) is 20.8 Å². The Labute approximate surface area is 62.3 Å². The van der Waals surface area contributed by atoms with Crippen molar-refractivity contribution >= 4 is 16.8 Å². The van der Waals surface area contributed by atoms with Crippen LogP contribution < -0.4 is 0 Å². The van der Waals surface area contributed by atoms with E-state index in [9.17, 15) is 0 Å². The summed E-state index contributed by atoms with van der Waals surface area (Å²) in [6.45, 7) is 6.28. The number of rotatable bonds is 0. The third kappa shape index (κ3) is 2.85. The van der Waals surface area contributed by atoms with Gasteiger partial charge in [0.25, 0.3) is 0 Å². The van der Waals surface area contributed by atoms with Crippen molar-refractivity contribution in [3.8, 4) is 0 Å². The molecule has 0 radical (unpaired) electrons. The van der Waals surface area contributed by atoms with Gasteiger partial charge in [-0.05, 0) is 32.4 Å². The number of hydrogen-bond acceptors (Lipinski definition) is 0. The standard InChI is InChI=1S/C7H15ClN/c1-7(2,3)6(8)9(4)5/h1-5H3/q+1. The van der Waals surface area contributed by atoms with E-state index in [1.807, 2.05) is 18.7 Å². The van der Waals surface area contributed by atoms with Crippen LogP contribution in [0.1, 0.15) is 20.8 Å². The van der Waals surface area contributed by atoms with Gasteiger partial charge in [0.15, 0.2) is 0 Å². The number of halogens is 1. The van der Waals surface area contributed by atoms with Crippen LogP contribution in [-0.2, 0) is 0 Å². The van der Waals surface area contributed by atoms with Crippen LogP contribution in [0.15, 0.2) is 0 Å². The van der Waals surface area contributed by atoms with E-state index < -0.39 is 0 Å². The van der Waals surface area contributed by atoms with Crippen molar-refractivity contribution in [1.82, 2.24) is 0 Å². The number of nitrogens with zero attached hydrogens (tertiary/aromatic N) is 1. The van der Waals surface area contributed by atoms with Crippen LogP contribution in [0.5, 0.6) is 0 Å². The van der Waals surface area contributed by atoms with Crippen LogP contribution in [0.2, 0.25) is 0 Å². The Hall–Kier alpha value is -0.0400. The van der Waals surface area contributed by atoms with Gasteiger partial charge in [0.1, 0.15) is 14.1 Å². The van der Waals surface area contributed by atoms with Gasteiger partial charge < -0.3 is 0 Å². The fourth-order valence-electron chi connectivity index (χ4n) is 0.671. The molecular formula is C7H15ClN+. The van der Waals surface area contributed by atoms with Crippen molar-refractivity contribution < 1.29 is 4.58 Å². The van der Waals surface area contributed by atoms with Gasteiger partial charge in [-0.1, -0.05) is 0 Å². The van der Waals surface area contributed by atoms with Crippen molar-refractivity contribution in [3.63, 3.8) is 0 Å². The van der Waals surface area contributed by atoms with Gasteiger partial charge in [-0.15, -0.1) is 0 Å². The SMILES string of the molecule is C[N+](C)=C(Cl)C(C)(C)C. The van der Waals surface area contributed by atoms with E-state index in [-0.39, 0.29) is 5.41 Å². The first-order chi connectivity index (χ1) is 3.85. The van der Waals surface area contributed by atoms with Crippen LogP contribution >= 0.6 is 11.6 Å². The molecule has 0 unspecified atom stereocenters. The average Bonchev–Trinajstić information content (AvgIpc) is 1.62. The summed E-state index contributed by atoms with van der Waals surface area (Å²) in [5.41, 5.74) is 0.0883. The van der Waals surface area contributed by atoms with Crippen molar-refractivity contribution in [1.29, 1.82) is 0 Å². The zero-order chi connectivity index (χ0) is 7.65. The first-order valence-corrected chi connectivity index (χ1v) is 3.43. The molecule has 9 heavy (non-hydrogen) atoms. The molecule has 0 aromatic carbocycles. The quantitative estimate of drug-likeness (QED) is 0.365. The molecule has 0 rings (SSSR count). The fraction of sp³-hybridized carbons (Fsp3) is 0.857. The molecule has 0 N–H and O–H groups in total. The molecule has 54 valence electrons. The topological polar surface area (TPSA) is 3.01 Å². The predicted octanol–water partition coefficient (Wildman–Crippen LogP) is 1.94. The molecule has 0 aliphatic rings. The summed E-state index contributed by atoms with van der Waals surface area (Å²) in [7, 11) is 3.90. The summed E-state index contributed by atoms with van der Waals surface area (Å²) in [6, 6.07) is 0. The summed E-state index contributed by atoms with van der Waals surface area (Å²) in [5, 5.41) is 0.891. The van der Waals surface area contributed by atoms with Gasteiger partial charge in [-0.3, -0.25) is 0 Å². The van der Waals surface area contributed by atoms with Crippen molar-refractivity contribution in [2.75, 3.05) is 14.1 Å². The van der Waals surface area contributed by atoms with E-state index in [1.54, 1.807) is 0 Å². The Bertz CT molecular complexity index is 126. The monoisotopic (exact) mass is 148 g/mol. The molecular weight excluding hydrogens is 134 g/mol. The highest BCUT2D eigenvalue weighted by atomic mass is 35.5. The third-order valence-electron chi connectivity index (χ3n) is 1.01. The van der Waals surface area contributed by atoms with Gasteiger partial charge in [-0.2, -0.15) is 0 Å². The lowest BCUT2D eigenvalue weighted by molar-refractivity contribution is -0.465. The Morgan fingerprint density at radius 2 is 1.56 bits per heavy atom. The maximum atomic E-state index is 5.93. The normalized spacial score (nSPS) is 11.3. The van der Waals surface area contributed by atoms with Gasteiger partial charge in [0.2, 0.25) is 5.17 Å². The molecule has 0 saturated heterocycles. The lowest BCUT2D eigenvalue weighted by atomic mass is 9.98. The number of hydrogen-bond donors (Lipinski definition) is 0. The van der Waals surface area contributed by atoms with Gasteiger partial charge >= 0.3 is 0 Å². The second-order valence-electron chi connectivity index (χ2n) is 3.44. The van der Waals surface area contributed by atoms with E-state index in [2.05, 4.69) is 20.8 Å². The summed E-state index contributed by atoms with van der Waals surface area (Å²) in [5.74, 6) is 0. The molecule has 0 atom stereocenters. The van der Waals surface area contributed by atoms with Crippen LogP contribution in [0.25, 0.3) is 0 Å². The summed E-state index contributed by atoms with van der Waals surface area (Å²) in [6.07, 6.45) is 0. The van der Waals surface area contributed by atoms with Gasteiger partial charge in [0, 0.05) is 0 Å². The molecule has 0 aliphatic heterocycles. The lowest BCUT2D eigenvalue weighted by Crippen LogP contribution is -2.22. The predicted molar refractivity (Wildman–Crippen MR) is 42.4 cm³/mol. The van der Waals surface area contributed by atoms with E-state index in [0.29, 0.717) is 0 Å². The first-order valence-electron chi connectivity index (χ1n) is 3.06. The highest BCUT2D eigenvalue weighted by Gasteiger charge is 2.22. The minimum Gasteiger partial charge on any atom is -0.228 e. The minimum absolute atomic E-state index is 0.0883. The average molecular weight is 149 g/mol. The first kappa shape index (κ1) is 8.96. The van der Waals surface area contributed by atoms with E-state index in [4.69, 9.17) is 11.6 Å². The van der Waals surface area contributed by atoms with Crippen molar-refractivity contribution in [2.24, 2.45) is 5.41 Å². The smallest absolute Gasteiger partial charge is 0.228 e. The summed E-state index contributed by atoms with van der Waals surface area (Å²) in [4.78, 5) is 0. The summed E-state index contributed by atoms with van der Waals surface area (Å²) >= 11 is 5.93. The lowest BCUT2D eigenvalue weighted by Gasteiger charge is -2.11. The highest BCUT2D eigenvalue weighted by Crippen LogP contribution is 2.17. The van der Waals surface area contributed by atoms with Crippen LogP contribution in [0.3, 0.4) is 0 Å². The van der Waals surface area contributed by atoms with Crippen LogP contribution in [-0.4, -0.2) is 23.8 Å². The second-order valence-corrected chi connectivity index (χ2v) is 3.79. The maximum absolute atomic E-state index is 5.93. The van der Waals surface area contributed by atoms with Crippen LogP contribution in [0, 0.1) is 5.41 Å². The Morgan fingerprint density at radius 1 is 1.22 bits per heavy atom. The van der Waals surface area contributed by atoms with Gasteiger partial charge in [-0.25, -0.2) is 4.58 Å². The van der Waals surface area contributed by atoms with Crippen LogP contribution in [0.4, 0.5) is 0 Å². The molecule has 0 aromatic rings. The molecule has 1 nitrogen and oxygen atoms in total. The molecule has 0 aliphatic carbocycles. The van der Waals surface area contributed by atoms with Gasteiger partial charge in [0.05, 0.1) is 5.41 Å². The molecule has 0 saturated carbocycles. The molecule has 0 heterocycles. The van der Waals surface area contributed by atoms with E-state index >= 15 is 0 Å². The fourth-order valence-corrected chi connectivity index (χ4v) is 0.671. The Morgan fingerprint density at radius 3 is 1.56 bits per heavy atom. The largest absolute Gasteiger partial charge is 0.249 e. The van der Waals surface area contributed by atoms with E-state index in [1.165, 1.54) is 0 Å². The highest BCUT2D eigenvalue weighted by molar-refractivity contribution is 6.64. The molecule has 0 spiro atoms. The maximum Gasteiger partial charge on any atom is 0.249 e. The molecule has 2 heteroatoms. The zero-order valence-electron chi connectivity index (χ0n) is 6.83. The third-order valence-corrected chi connectivity index (χ3v) is 1.92. The summed E-state index contributed by atoms with van der Waals surface area (Å²) < 4.78 is 1.93. The van der Waals surface area contributed by atoms with Crippen molar-refractivity contribution in [3.05, 3.63) is 0 Å². The molecule has 0 amide bonds. The molecule has 0 fully saturated rings. The Kier molecular flexibility index (Phi) is 2.68. The second kappa shape index (κ2) is 2.70.